The number of hydrogen-bond acceptors (Lipinski definition) is 3. The molecule has 1 saturated carbocycles. The molecule has 1 aliphatic rings. The largest absolute Gasteiger partial charge is 0.507 e. The summed E-state index contributed by atoms with van der Waals surface area (Å²) in [6, 6.07) is 6.56. The smallest absolute Gasteiger partial charge is 0.122 e. The second-order valence-electron chi connectivity index (χ2n) is 5.13. The lowest BCUT2D eigenvalue weighted by Gasteiger charge is -2.31. The molecule has 0 saturated heterocycles. The van der Waals surface area contributed by atoms with Crippen LogP contribution in [0.15, 0.2) is 18.2 Å². The van der Waals surface area contributed by atoms with Gasteiger partial charge in [-0.25, -0.2) is 0 Å². The molecule has 2 unspecified atom stereocenters. The van der Waals surface area contributed by atoms with Crippen molar-refractivity contribution in [3.63, 3.8) is 0 Å². The molecule has 0 heterocycles. The highest BCUT2D eigenvalue weighted by Gasteiger charge is 2.23. The van der Waals surface area contributed by atoms with Crippen LogP contribution < -0.4 is 5.32 Å². The van der Waals surface area contributed by atoms with E-state index in [1.54, 1.807) is 0 Å². The maximum Gasteiger partial charge on any atom is 0.122 e. The van der Waals surface area contributed by atoms with Crippen LogP contribution in [-0.2, 0) is 6.54 Å². The molecule has 0 amide bonds. The van der Waals surface area contributed by atoms with E-state index in [0.29, 0.717) is 11.8 Å². The van der Waals surface area contributed by atoms with Crippen molar-refractivity contribution in [3.05, 3.63) is 29.3 Å². The monoisotopic (exact) mass is 265 g/mol. The number of thioether (sulfide) groups is 1. The SMILES string of the molecule is CSC1CCCCC1NCc1cccc(C)c1O. The molecule has 0 aliphatic heterocycles. The van der Waals surface area contributed by atoms with Gasteiger partial charge in [-0.2, -0.15) is 11.8 Å². The minimum atomic E-state index is 0.446. The lowest BCUT2D eigenvalue weighted by Crippen LogP contribution is -2.39. The van der Waals surface area contributed by atoms with Crippen LogP contribution in [0.2, 0.25) is 0 Å². The molecular weight excluding hydrogens is 242 g/mol. The average molecular weight is 265 g/mol. The van der Waals surface area contributed by atoms with Crippen molar-refractivity contribution in [1.82, 2.24) is 5.32 Å². The van der Waals surface area contributed by atoms with Crippen LogP contribution in [0.25, 0.3) is 0 Å². The highest BCUT2D eigenvalue weighted by atomic mass is 32.2. The van der Waals surface area contributed by atoms with Gasteiger partial charge in [0, 0.05) is 23.4 Å². The fourth-order valence-electron chi connectivity index (χ4n) is 2.72. The molecule has 2 rings (SSSR count). The summed E-state index contributed by atoms with van der Waals surface area (Å²) in [5.74, 6) is 0.446. The summed E-state index contributed by atoms with van der Waals surface area (Å²) in [6.45, 7) is 2.72. The van der Waals surface area contributed by atoms with Crippen LogP contribution in [0.5, 0.6) is 5.75 Å². The summed E-state index contributed by atoms with van der Waals surface area (Å²) in [5.41, 5.74) is 1.97. The van der Waals surface area contributed by atoms with Crippen molar-refractivity contribution in [2.24, 2.45) is 0 Å². The normalized spacial score (nSPS) is 24.1. The lowest BCUT2D eigenvalue weighted by atomic mass is 9.94. The molecule has 3 heteroatoms. The van der Waals surface area contributed by atoms with Gasteiger partial charge >= 0.3 is 0 Å². The summed E-state index contributed by atoms with van der Waals surface area (Å²) >= 11 is 1.97. The number of hydrogen-bond donors (Lipinski definition) is 2. The molecule has 100 valence electrons. The number of phenols is 1. The van der Waals surface area contributed by atoms with Gasteiger partial charge in [0.15, 0.2) is 0 Å². The van der Waals surface area contributed by atoms with Crippen LogP contribution in [-0.4, -0.2) is 22.7 Å². The highest BCUT2D eigenvalue weighted by molar-refractivity contribution is 7.99. The molecule has 1 aliphatic carbocycles. The number of benzene rings is 1. The third kappa shape index (κ3) is 3.21. The number of para-hydroxylation sites is 1. The van der Waals surface area contributed by atoms with Gasteiger partial charge in [0.2, 0.25) is 0 Å². The van der Waals surface area contributed by atoms with E-state index >= 15 is 0 Å². The van der Waals surface area contributed by atoms with Crippen molar-refractivity contribution in [1.29, 1.82) is 0 Å². The molecular formula is C15H23NOS. The van der Waals surface area contributed by atoms with E-state index in [2.05, 4.69) is 11.6 Å². The van der Waals surface area contributed by atoms with Gasteiger partial charge in [0.1, 0.15) is 5.75 Å². The Morgan fingerprint density at radius 1 is 1.33 bits per heavy atom. The van der Waals surface area contributed by atoms with E-state index in [0.717, 1.165) is 22.9 Å². The number of nitrogens with one attached hydrogen (secondary N) is 1. The Balaban J connectivity index is 1.96. The Bertz CT molecular complexity index is 394. The van der Waals surface area contributed by atoms with Gasteiger partial charge in [-0.1, -0.05) is 31.0 Å². The number of aryl methyl sites for hydroxylation is 1. The minimum absolute atomic E-state index is 0.446. The summed E-state index contributed by atoms with van der Waals surface area (Å²) < 4.78 is 0. The summed E-state index contributed by atoms with van der Waals surface area (Å²) in [5, 5.41) is 14.4. The first-order chi connectivity index (χ1) is 8.72. The van der Waals surface area contributed by atoms with Crippen LogP contribution in [0.4, 0.5) is 0 Å². The van der Waals surface area contributed by atoms with E-state index in [-0.39, 0.29) is 0 Å². The third-order valence-electron chi connectivity index (χ3n) is 3.88. The molecule has 18 heavy (non-hydrogen) atoms. The van der Waals surface area contributed by atoms with Crippen molar-refractivity contribution in [2.45, 2.75) is 50.4 Å². The fraction of sp³-hybridized carbons (Fsp3) is 0.600. The Kier molecular flexibility index (Phi) is 4.95. The second-order valence-corrected chi connectivity index (χ2v) is 6.21. The van der Waals surface area contributed by atoms with Gasteiger partial charge in [0.05, 0.1) is 0 Å². The first kappa shape index (κ1) is 13.8. The molecule has 0 radical (unpaired) electrons. The van der Waals surface area contributed by atoms with Crippen LogP contribution >= 0.6 is 11.8 Å². The van der Waals surface area contributed by atoms with E-state index in [9.17, 15) is 5.11 Å². The quantitative estimate of drug-likeness (QED) is 0.874. The molecule has 1 aromatic rings. The third-order valence-corrected chi connectivity index (χ3v) is 5.05. The predicted octanol–water partition coefficient (Wildman–Crippen LogP) is 3.46. The number of rotatable bonds is 4. The van der Waals surface area contributed by atoms with Gasteiger partial charge in [-0.05, 0) is 31.6 Å². The maximum absolute atomic E-state index is 10.0. The summed E-state index contributed by atoms with van der Waals surface area (Å²) in [6.07, 6.45) is 7.47. The van der Waals surface area contributed by atoms with Crippen molar-refractivity contribution in [3.8, 4) is 5.75 Å². The number of aromatic hydroxyl groups is 1. The van der Waals surface area contributed by atoms with E-state index < -0.39 is 0 Å². The Morgan fingerprint density at radius 3 is 2.89 bits per heavy atom. The first-order valence-electron chi connectivity index (χ1n) is 6.76. The molecule has 2 nitrogen and oxygen atoms in total. The fourth-order valence-corrected chi connectivity index (χ4v) is 3.68. The highest BCUT2D eigenvalue weighted by Crippen LogP contribution is 2.28. The predicted molar refractivity (Wildman–Crippen MR) is 79.2 cm³/mol. The van der Waals surface area contributed by atoms with Crippen LogP contribution in [0.1, 0.15) is 36.8 Å². The first-order valence-corrected chi connectivity index (χ1v) is 8.05. The van der Waals surface area contributed by atoms with E-state index in [1.165, 1.54) is 25.7 Å². The standard InChI is InChI=1S/C15H23NOS/c1-11-6-5-7-12(15(11)17)10-16-13-8-3-4-9-14(13)18-2/h5-7,13-14,16-17H,3-4,8-10H2,1-2H3. The lowest BCUT2D eigenvalue weighted by molar-refractivity contribution is 0.378. The topological polar surface area (TPSA) is 32.3 Å². The van der Waals surface area contributed by atoms with Gasteiger partial charge in [-0.3, -0.25) is 0 Å². The Hall–Kier alpha value is -0.670. The molecule has 1 aromatic carbocycles. The zero-order chi connectivity index (χ0) is 13.0. The van der Waals surface area contributed by atoms with Crippen molar-refractivity contribution in [2.75, 3.05) is 6.26 Å². The Labute approximate surface area is 114 Å². The minimum Gasteiger partial charge on any atom is -0.507 e. The van der Waals surface area contributed by atoms with E-state index in [1.807, 2.05) is 36.9 Å². The van der Waals surface area contributed by atoms with E-state index in [4.69, 9.17) is 0 Å². The molecule has 0 aromatic heterocycles. The summed E-state index contributed by atoms with van der Waals surface area (Å²) in [7, 11) is 0. The van der Waals surface area contributed by atoms with Crippen LogP contribution in [0, 0.1) is 6.92 Å². The zero-order valence-electron chi connectivity index (χ0n) is 11.3. The maximum atomic E-state index is 10.0. The van der Waals surface area contributed by atoms with Crippen LogP contribution in [0.3, 0.4) is 0 Å². The molecule has 0 spiro atoms. The Morgan fingerprint density at radius 2 is 2.11 bits per heavy atom. The molecule has 2 atom stereocenters. The number of phenolic OH excluding ortho intramolecular Hbond substituents is 1. The molecule has 1 fully saturated rings. The van der Waals surface area contributed by atoms with Crippen molar-refractivity contribution < 1.29 is 5.11 Å². The molecule has 2 N–H and O–H groups in total. The van der Waals surface area contributed by atoms with Gasteiger partial charge in [0.25, 0.3) is 0 Å². The summed E-state index contributed by atoms with van der Waals surface area (Å²) in [4.78, 5) is 0. The van der Waals surface area contributed by atoms with Gasteiger partial charge < -0.3 is 10.4 Å². The van der Waals surface area contributed by atoms with Gasteiger partial charge in [-0.15, -0.1) is 0 Å². The zero-order valence-corrected chi connectivity index (χ0v) is 12.1. The second kappa shape index (κ2) is 6.48. The average Bonchev–Trinajstić information content (AvgIpc) is 2.41. The van der Waals surface area contributed by atoms with Crippen molar-refractivity contribution >= 4 is 11.8 Å². The molecule has 0 bridgehead atoms.